The molecule has 0 amide bonds. The number of hydrogen-bond donors (Lipinski definition) is 0. The summed E-state index contributed by atoms with van der Waals surface area (Å²) in [5.41, 5.74) is 0.397. The van der Waals surface area contributed by atoms with E-state index in [0.717, 1.165) is 5.56 Å². The molecule has 1 aromatic carbocycles. The van der Waals surface area contributed by atoms with Gasteiger partial charge in [0, 0.05) is 13.2 Å². The number of nitrogens with zero attached hydrogens (tertiary/aromatic N) is 1. The molecule has 0 radical (unpaired) electrons. The first kappa shape index (κ1) is 12.3. The van der Waals surface area contributed by atoms with Gasteiger partial charge >= 0.3 is 0 Å². The molecule has 0 unspecified atom stereocenters. The predicted octanol–water partition coefficient (Wildman–Crippen LogP) is 3.34. The number of rotatable bonds is 2. The van der Waals surface area contributed by atoms with Crippen molar-refractivity contribution in [3.05, 3.63) is 34.6 Å². The minimum absolute atomic E-state index is 0.117. The van der Waals surface area contributed by atoms with Crippen LogP contribution in [0.15, 0.2) is 18.2 Å². The maximum atomic E-state index is 13.3. The number of halogens is 2. The van der Waals surface area contributed by atoms with Crippen LogP contribution in [0.4, 0.5) is 4.39 Å². The van der Waals surface area contributed by atoms with Gasteiger partial charge in [0.25, 0.3) is 0 Å². The minimum atomic E-state index is -0.427. The second-order valence-corrected chi connectivity index (χ2v) is 4.84. The molecule has 0 saturated carbocycles. The van der Waals surface area contributed by atoms with Crippen LogP contribution in [0.1, 0.15) is 18.4 Å². The Balaban J connectivity index is 2.18. The Morgan fingerprint density at radius 3 is 2.71 bits per heavy atom. The van der Waals surface area contributed by atoms with Crippen molar-refractivity contribution >= 4 is 11.6 Å². The average Bonchev–Trinajstić information content (AvgIpc) is 2.35. The third kappa shape index (κ3) is 2.77. The van der Waals surface area contributed by atoms with Crippen LogP contribution in [0.3, 0.4) is 0 Å². The highest BCUT2D eigenvalue weighted by molar-refractivity contribution is 6.30. The maximum Gasteiger partial charge on any atom is 0.142 e. The topological polar surface area (TPSA) is 33.0 Å². The number of ether oxygens (including phenoxy) is 1. The highest BCUT2D eigenvalue weighted by atomic mass is 35.5. The smallest absolute Gasteiger partial charge is 0.142 e. The maximum absolute atomic E-state index is 13.3. The van der Waals surface area contributed by atoms with Crippen LogP contribution in [-0.4, -0.2) is 13.2 Å². The van der Waals surface area contributed by atoms with Gasteiger partial charge in [-0.25, -0.2) is 4.39 Å². The van der Waals surface area contributed by atoms with Crippen molar-refractivity contribution in [2.75, 3.05) is 13.2 Å². The first-order valence-corrected chi connectivity index (χ1v) is 5.96. The van der Waals surface area contributed by atoms with Crippen LogP contribution >= 0.6 is 11.6 Å². The normalized spacial score (nSPS) is 18.6. The highest BCUT2D eigenvalue weighted by Gasteiger charge is 2.32. The number of hydrogen-bond acceptors (Lipinski definition) is 2. The Kier molecular flexibility index (Phi) is 3.66. The van der Waals surface area contributed by atoms with E-state index in [2.05, 4.69) is 6.07 Å². The first-order valence-electron chi connectivity index (χ1n) is 5.58. The summed E-state index contributed by atoms with van der Waals surface area (Å²) in [4.78, 5) is 0. The third-order valence-corrected chi connectivity index (χ3v) is 3.52. The quantitative estimate of drug-likeness (QED) is 0.810. The average molecular weight is 254 g/mol. The van der Waals surface area contributed by atoms with Gasteiger partial charge in [-0.2, -0.15) is 5.26 Å². The van der Waals surface area contributed by atoms with Crippen molar-refractivity contribution < 1.29 is 9.13 Å². The molecule has 1 aliphatic heterocycles. The summed E-state index contributed by atoms with van der Waals surface area (Å²) in [6.07, 6.45) is 1.96. The van der Waals surface area contributed by atoms with E-state index < -0.39 is 11.2 Å². The molecule has 2 rings (SSSR count). The number of nitriles is 1. The van der Waals surface area contributed by atoms with E-state index in [-0.39, 0.29) is 5.02 Å². The van der Waals surface area contributed by atoms with Gasteiger partial charge in [0.05, 0.1) is 16.5 Å². The fourth-order valence-corrected chi connectivity index (χ4v) is 2.25. The lowest BCUT2D eigenvalue weighted by Crippen LogP contribution is -2.30. The Morgan fingerprint density at radius 2 is 2.12 bits per heavy atom. The van der Waals surface area contributed by atoms with Crippen molar-refractivity contribution in [3.8, 4) is 6.07 Å². The van der Waals surface area contributed by atoms with Gasteiger partial charge in [-0.15, -0.1) is 0 Å². The van der Waals surface area contributed by atoms with Gasteiger partial charge in [0.1, 0.15) is 5.82 Å². The molecule has 0 aliphatic carbocycles. The molecule has 2 nitrogen and oxygen atoms in total. The molecule has 0 spiro atoms. The van der Waals surface area contributed by atoms with E-state index in [9.17, 15) is 9.65 Å². The van der Waals surface area contributed by atoms with E-state index in [1.165, 1.54) is 12.1 Å². The Hall–Kier alpha value is -1.11. The first-order chi connectivity index (χ1) is 8.15. The largest absolute Gasteiger partial charge is 0.381 e. The van der Waals surface area contributed by atoms with Gasteiger partial charge in [-0.05, 0) is 37.0 Å². The van der Waals surface area contributed by atoms with Crippen LogP contribution in [0.2, 0.25) is 5.02 Å². The van der Waals surface area contributed by atoms with Gasteiger partial charge < -0.3 is 4.74 Å². The highest BCUT2D eigenvalue weighted by Crippen LogP contribution is 2.34. The molecule has 0 atom stereocenters. The summed E-state index contributed by atoms with van der Waals surface area (Å²) in [6.45, 7) is 1.20. The van der Waals surface area contributed by atoms with Crippen LogP contribution in [0.25, 0.3) is 0 Å². The Labute approximate surface area is 105 Å². The minimum Gasteiger partial charge on any atom is -0.381 e. The van der Waals surface area contributed by atoms with E-state index in [4.69, 9.17) is 16.3 Å². The molecule has 0 aromatic heterocycles. The molecule has 0 N–H and O–H groups in total. The zero-order chi connectivity index (χ0) is 12.3. The van der Waals surface area contributed by atoms with Crippen molar-refractivity contribution in [2.45, 2.75) is 19.3 Å². The van der Waals surface area contributed by atoms with Gasteiger partial charge in [0.2, 0.25) is 0 Å². The Bertz CT molecular complexity index is 449. The van der Waals surface area contributed by atoms with Crippen molar-refractivity contribution in [1.29, 1.82) is 5.26 Å². The molecule has 17 heavy (non-hydrogen) atoms. The van der Waals surface area contributed by atoms with Crippen LogP contribution in [0.5, 0.6) is 0 Å². The molecule has 0 bridgehead atoms. The van der Waals surface area contributed by atoms with Crippen molar-refractivity contribution in [1.82, 2.24) is 0 Å². The van der Waals surface area contributed by atoms with E-state index >= 15 is 0 Å². The van der Waals surface area contributed by atoms with E-state index in [1.54, 1.807) is 6.07 Å². The second-order valence-electron chi connectivity index (χ2n) is 4.43. The molecule has 1 aliphatic rings. The van der Waals surface area contributed by atoms with Crippen LogP contribution < -0.4 is 0 Å². The summed E-state index contributed by atoms with van der Waals surface area (Å²) < 4.78 is 18.6. The standard InChI is InChI=1S/C13H13ClFNO/c14-11-2-1-10(7-12(11)15)8-13(9-16)3-5-17-6-4-13/h1-2,7H,3-6,8H2. The molecule has 90 valence electrons. The van der Waals surface area contributed by atoms with Crippen molar-refractivity contribution in [2.24, 2.45) is 5.41 Å². The second kappa shape index (κ2) is 5.03. The van der Waals surface area contributed by atoms with Crippen molar-refractivity contribution in [3.63, 3.8) is 0 Å². The lowest BCUT2D eigenvalue weighted by Gasteiger charge is -2.30. The monoisotopic (exact) mass is 253 g/mol. The third-order valence-electron chi connectivity index (χ3n) is 3.21. The molecular weight excluding hydrogens is 241 g/mol. The fourth-order valence-electron chi connectivity index (χ4n) is 2.13. The Morgan fingerprint density at radius 1 is 1.41 bits per heavy atom. The zero-order valence-corrected chi connectivity index (χ0v) is 10.1. The summed E-state index contributed by atoms with van der Waals surface area (Å²) in [5, 5.41) is 9.42. The number of benzene rings is 1. The SMILES string of the molecule is N#CC1(Cc2ccc(Cl)c(F)c2)CCOCC1. The lowest BCUT2D eigenvalue weighted by molar-refractivity contribution is 0.0406. The molecule has 1 heterocycles. The summed E-state index contributed by atoms with van der Waals surface area (Å²) in [7, 11) is 0. The summed E-state index contributed by atoms with van der Waals surface area (Å²) in [6, 6.07) is 7.09. The van der Waals surface area contributed by atoms with Crippen LogP contribution in [0, 0.1) is 22.6 Å². The molecule has 1 saturated heterocycles. The van der Waals surface area contributed by atoms with Gasteiger partial charge in [0.15, 0.2) is 0 Å². The lowest BCUT2D eigenvalue weighted by atomic mass is 9.76. The van der Waals surface area contributed by atoms with Gasteiger partial charge in [-0.1, -0.05) is 17.7 Å². The van der Waals surface area contributed by atoms with Crippen LogP contribution in [-0.2, 0) is 11.2 Å². The van der Waals surface area contributed by atoms with E-state index in [1.807, 2.05) is 0 Å². The van der Waals surface area contributed by atoms with E-state index in [0.29, 0.717) is 32.5 Å². The molecule has 1 fully saturated rings. The predicted molar refractivity (Wildman–Crippen MR) is 63.2 cm³/mol. The zero-order valence-electron chi connectivity index (χ0n) is 9.38. The molecule has 1 aromatic rings. The summed E-state index contributed by atoms with van der Waals surface area (Å²) in [5.74, 6) is -0.427. The molecular formula is C13H13ClFNO. The van der Waals surface area contributed by atoms with Gasteiger partial charge in [-0.3, -0.25) is 0 Å². The summed E-state index contributed by atoms with van der Waals surface area (Å²) >= 11 is 5.63. The molecule has 4 heteroatoms. The fraction of sp³-hybridized carbons (Fsp3) is 0.462.